The van der Waals surface area contributed by atoms with Crippen LogP contribution in [-0.2, 0) is 0 Å². The van der Waals surface area contributed by atoms with Crippen molar-refractivity contribution in [2.24, 2.45) is 0 Å². The Balaban J connectivity index is 0.00000243. The molecule has 2 aromatic heterocycles. The van der Waals surface area contributed by atoms with Gasteiger partial charge in [-0.3, -0.25) is 0 Å². The van der Waals surface area contributed by atoms with Crippen LogP contribution in [0.3, 0.4) is 0 Å². The second-order valence-electron chi connectivity index (χ2n) is 6.26. The van der Waals surface area contributed by atoms with Crippen molar-refractivity contribution >= 4 is 34.4 Å². The van der Waals surface area contributed by atoms with Crippen LogP contribution in [0, 0.1) is 0 Å². The minimum absolute atomic E-state index is 0. The van der Waals surface area contributed by atoms with E-state index in [1.165, 1.54) is 21.0 Å². The van der Waals surface area contributed by atoms with Crippen molar-refractivity contribution in [3.05, 3.63) is 24.5 Å². The maximum atomic E-state index is 9.95. The van der Waals surface area contributed by atoms with Gasteiger partial charge in [0.15, 0.2) is 11.5 Å². The Labute approximate surface area is 156 Å². The number of benzene rings is 1. The average Bonchev–Trinajstić information content (AvgIpc) is 3.04. The first-order chi connectivity index (χ1) is 11.9. The van der Waals surface area contributed by atoms with Crippen molar-refractivity contribution in [1.82, 2.24) is 4.98 Å². The number of nitrogens with zero attached hydrogens (tertiary/aromatic N) is 1. The lowest BCUT2D eigenvalue weighted by Crippen LogP contribution is -2.40. The van der Waals surface area contributed by atoms with Crippen LogP contribution in [0.1, 0.15) is 13.8 Å². The number of furan rings is 1. The highest BCUT2D eigenvalue weighted by Gasteiger charge is 2.26. The Morgan fingerprint density at radius 3 is 2.42 bits per heavy atom. The van der Waals surface area contributed by atoms with Crippen LogP contribution in [0.5, 0.6) is 17.2 Å². The minimum atomic E-state index is -1.27. The van der Waals surface area contributed by atoms with E-state index in [2.05, 4.69) is 4.98 Å². The van der Waals surface area contributed by atoms with Crippen LogP contribution in [0.25, 0.3) is 22.0 Å². The quantitative estimate of drug-likeness (QED) is 0.675. The topological polar surface area (TPSA) is 94.2 Å². The third-order valence-corrected chi connectivity index (χ3v) is 4.06. The van der Waals surface area contributed by atoms with E-state index >= 15 is 0 Å². The Morgan fingerprint density at radius 2 is 1.81 bits per heavy atom. The van der Waals surface area contributed by atoms with Gasteiger partial charge in [0.05, 0.1) is 31.5 Å². The second kappa shape index (κ2) is 7.57. The Kier molecular flexibility index (Phi) is 5.85. The monoisotopic (exact) mass is 383 g/mol. The van der Waals surface area contributed by atoms with E-state index in [1.807, 2.05) is 6.07 Å². The molecule has 0 aliphatic rings. The molecule has 0 amide bonds. The third kappa shape index (κ3) is 3.51. The molecule has 0 unspecified atom stereocenters. The molecule has 0 aliphatic carbocycles. The summed E-state index contributed by atoms with van der Waals surface area (Å²) in [6.45, 7) is 2.93. The molecule has 0 radical (unpaired) electrons. The predicted molar refractivity (Wildman–Crippen MR) is 99.7 cm³/mol. The van der Waals surface area contributed by atoms with Gasteiger partial charge in [-0.25, -0.2) is 4.98 Å². The summed E-state index contributed by atoms with van der Waals surface area (Å²) in [5, 5.41) is 21.3. The normalized spacial score (nSPS) is 12.7. The van der Waals surface area contributed by atoms with Gasteiger partial charge < -0.3 is 28.8 Å². The first-order valence-electron chi connectivity index (χ1n) is 7.82. The lowest BCUT2D eigenvalue weighted by atomic mass is 10.0. The van der Waals surface area contributed by atoms with Gasteiger partial charge in [0, 0.05) is 5.39 Å². The Bertz CT molecular complexity index is 902. The second-order valence-corrected chi connectivity index (χ2v) is 6.26. The van der Waals surface area contributed by atoms with Crippen LogP contribution < -0.4 is 14.2 Å². The van der Waals surface area contributed by atoms with Crippen LogP contribution >= 0.6 is 12.4 Å². The summed E-state index contributed by atoms with van der Waals surface area (Å²) < 4.78 is 22.0. The SMILES string of the molecule is COc1c2ccoc2nc2c(OC)c(OC[C@@H](O)C(C)(C)O)ccc12.Cl. The maximum Gasteiger partial charge on any atom is 0.230 e. The van der Waals surface area contributed by atoms with Crippen LogP contribution in [0.4, 0.5) is 0 Å². The van der Waals surface area contributed by atoms with Crippen molar-refractivity contribution in [2.45, 2.75) is 25.6 Å². The molecular weight excluding hydrogens is 362 g/mol. The zero-order chi connectivity index (χ0) is 18.2. The highest BCUT2D eigenvalue weighted by Crippen LogP contribution is 2.41. The molecular formula is C18H22ClNO6. The first-order valence-corrected chi connectivity index (χ1v) is 7.82. The minimum Gasteiger partial charge on any atom is -0.495 e. The van der Waals surface area contributed by atoms with Crippen molar-refractivity contribution in [2.75, 3.05) is 20.8 Å². The predicted octanol–water partition coefficient (Wildman–Crippen LogP) is 2.93. The molecule has 2 heterocycles. The number of methoxy groups -OCH3 is 2. The average molecular weight is 384 g/mol. The van der Waals surface area contributed by atoms with Crippen molar-refractivity contribution in [3.8, 4) is 17.2 Å². The Morgan fingerprint density at radius 1 is 1.12 bits per heavy atom. The number of halogens is 1. The summed E-state index contributed by atoms with van der Waals surface area (Å²) in [5.41, 5.74) is -0.320. The summed E-state index contributed by atoms with van der Waals surface area (Å²) in [6, 6.07) is 5.31. The first kappa shape index (κ1) is 20.1. The van der Waals surface area contributed by atoms with Crippen molar-refractivity contribution in [3.63, 3.8) is 0 Å². The van der Waals surface area contributed by atoms with E-state index in [0.717, 1.165) is 10.8 Å². The number of rotatable bonds is 6. The number of aliphatic hydroxyl groups is 2. The lowest BCUT2D eigenvalue weighted by molar-refractivity contribution is -0.0663. The molecule has 0 aliphatic heterocycles. The standard InChI is InChI=1S/C18H21NO6.ClH/c1-18(2,21)13(20)9-25-12-6-5-10-14(16(12)23-4)19-17-11(7-8-24-17)15(10)22-3;/h5-8,13,20-21H,9H2,1-4H3;1H/t13-;/m1./s1. The summed E-state index contributed by atoms with van der Waals surface area (Å²) in [5.74, 6) is 1.44. The highest BCUT2D eigenvalue weighted by atomic mass is 35.5. The van der Waals surface area contributed by atoms with E-state index in [0.29, 0.717) is 28.5 Å². The van der Waals surface area contributed by atoms with Gasteiger partial charge in [-0.2, -0.15) is 0 Å². The van der Waals surface area contributed by atoms with E-state index in [1.54, 1.807) is 25.5 Å². The molecule has 0 bridgehead atoms. The zero-order valence-corrected chi connectivity index (χ0v) is 15.8. The number of hydrogen-bond donors (Lipinski definition) is 2. The van der Waals surface area contributed by atoms with E-state index in [9.17, 15) is 10.2 Å². The fourth-order valence-electron chi connectivity index (χ4n) is 2.56. The lowest BCUT2D eigenvalue weighted by Gasteiger charge is -2.24. The number of aliphatic hydroxyl groups excluding tert-OH is 1. The number of aromatic nitrogens is 1. The number of hydrogen-bond acceptors (Lipinski definition) is 7. The van der Waals surface area contributed by atoms with Crippen molar-refractivity contribution in [1.29, 1.82) is 0 Å². The van der Waals surface area contributed by atoms with Crippen LogP contribution in [-0.4, -0.2) is 47.7 Å². The van der Waals surface area contributed by atoms with Crippen LogP contribution in [0.15, 0.2) is 28.9 Å². The van der Waals surface area contributed by atoms with E-state index in [-0.39, 0.29) is 19.0 Å². The summed E-state index contributed by atoms with van der Waals surface area (Å²) in [6.07, 6.45) is 0.491. The highest BCUT2D eigenvalue weighted by molar-refractivity contribution is 6.02. The van der Waals surface area contributed by atoms with E-state index < -0.39 is 11.7 Å². The molecule has 3 aromatic rings. The summed E-state index contributed by atoms with van der Waals surface area (Å²) in [4.78, 5) is 4.49. The molecule has 26 heavy (non-hydrogen) atoms. The zero-order valence-electron chi connectivity index (χ0n) is 15.0. The van der Waals surface area contributed by atoms with Gasteiger partial charge in [0.25, 0.3) is 0 Å². The van der Waals surface area contributed by atoms with Crippen molar-refractivity contribution < 1.29 is 28.8 Å². The van der Waals surface area contributed by atoms with Gasteiger partial charge in [-0.1, -0.05) is 0 Å². The molecule has 142 valence electrons. The van der Waals surface area contributed by atoms with Gasteiger partial charge in [-0.05, 0) is 32.0 Å². The number of fused-ring (bicyclic) bond motifs is 2. The van der Waals surface area contributed by atoms with E-state index in [4.69, 9.17) is 18.6 Å². The van der Waals surface area contributed by atoms with Gasteiger partial charge in [-0.15, -0.1) is 12.4 Å². The molecule has 8 heteroatoms. The third-order valence-electron chi connectivity index (χ3n) is 4.06. The molecule has 0 spiro atoms. The molecule has 0 fully saturated rings. The Hall–Kier alpha value is -2.22. The summed E-state index contributed by atoms with van der Waals surface area (Å²) in [7, 11) is 3.09. The summed E-state index contributed by atoms with van der Waals surface area (Å²) >= 11 is 0. The smallest absolute Gasteiger partial charge is 0.230 e. The van der Waals surface area contributed by atoms with Crippen LogP contribution in [0.2, 0.25) is 0 Å². The largest absolute Gasteiger partial charge is 0.495 e. The maximum absolute atomic E-state index is 9.95. The molecule has 0 saturated carbocycles. The molecule has 0 saturated heterocycles. The molecule has 1 aromatic carbocycles. The van der Waals surface area contributed by atoms with Gasteiger partial charge >= 0.3 is 0 Å². The molecule has 7 nitrogen and oxygen atoms in total. The molecule has 3 rings (SSSR count). The molecule has 1 atom stereocenters. The molecule has 2 N–H and O–H groups in total. The van der Waals surface area contributed by atoms with Gasteiger partial charge in [0.1, 0.15) is 24.0 Å². The fraction of sp³-hybridized carbons (Fsp3) is 0.389. The number of ether oxygens (including phenoxy) is 3. The van der Waals surface area contributed by atoms with Gasteiger partial charge in [0.2, 0.25) is 5.71 Å². The number of pyridine rings is 1. The fourth-order valence-corrected chi connectivity index (χ4v) is 2.56.